The van der Waals surface area contributed by atoms with Crippen LogP contribution in [0.2, 0.25) is 0 Å². The van der Waals surface area contributed by atoms with E-state index in [1.54, 1.807) is 23.9 Å². The molecule has 0 bridgehead atoms. The van der Waals surface area contributed by atoms with Crippen LogP contribution in [0, 0.1) is 0 Å². The maximum atomic E-state index is 12.0. The third-order valence-corrected chi connectivity index (χ3v) is 5.84. The zero-order valence-corrected chi connectivity index (χ0v) is 15.6. The monoisotopic (exact) mass is 379 g/mol. The molecule has 0 N–H and O–H groups in total. The van der Waals surface area contributed by atoms with Crippen LogP contribution in [-0.2, 0) is 9.09 Å². The number of rotatable bonds is 5. The fourth-order valence-corrected chi connectivity index (χ4v) is 4.46. The maximum Gasteiger partial charge on any atom is 0.750 e. The van der Waals surface area contributed by atoms with Crippen molar-refractivity contribution in [1.82, 2.24) is 0 Å². The van der Waals surface area contributed by atoms with Gasteiger partial charge in [0.2, 0.25) is 0 Å². The molecule has 3 nitrogen and oxygen atoms in total. The Kier molecular flexibility index (Phi) is 5.16. The Morgan fingerprint density at radius 2 is 1.38 bits per heavy atom. The molecule has 1 aliphatic rings. The fourth-order valence-electron chi connectivity index (χ4n) is 2.81. The molecule has 0 aliphatic carbocycles. The molecule has 3 aromatic rings. The molecule has 0 fully saturated rings. The molecular formula is C21H16O3PS+. The van der Waals surface area contributed by atoms with Gasteiger partial charge in [0.05, 0.1) is 0 Å². The second-order valence-corrected chi connectivity index (χ2v) is 7.61. The molecule has 0 radical (unpaired) electrons. The Morgan fingerprint density at radius 1 is 0.808 bits per heavy atom. The van der Waals surface area contributed by atoms with E-state index in [2.05, 4.69) is 24.3 Å². The van der Waals surface area contributed by atoms with Crippen molar-refractivity contribution in [2.75, 3.05) is 6.61 Å². The zero-order chi connectivity index (χ0) is 17.8. The van der Waals surface area contributed by atoms with Crippen LogP contribution in [0.15, 0.2) is 94.7 Å². The number of hydrogen-bond donors (Lipinski definition) is 0. The van der Waals surface area contributed by atoms with Crippen molar-refractivity contribution in [3.63, 3.8) is 0 Å². The van der Waals surface area contributed by atoms with Crippen LogP contribution in [-0.4, -0.2) is 6.61 Å². The Bertz CT molecular complexity index is 922. The summed E-state index contributed by atoms with van der Waals surface area (Å²) in [5.74, 6) is 0.533. The lowest BCUT2D eigenvalue weighted by Gasteiger charge is -2.21. The topological polar surface area (TPSA) is 35.5 Å². The minimum absolute atomic E-state index is 0.213. The summed E-state index contributed by atoms with van der Waals surface area (Å²) >= 11 is 1.76. The summed E-state index contributed by atoms with van der Waals surface area (Å²) in [6.45, 7) is 0.213. The van der Waals surface area contributed by atoms with E-state index in [9.17, 15) is 4.57 Å². The smallest absolute Gasteiger partial charge is 0.229 e. The highest BCUT2D eigenvalue weighted by molar-refractivity contribution is 7.99. The molecule has 0 saturated heterocycles. The van der Waals surface area contributed by atoms with Crippen LogP contribution in [0.4, 0.5) is 0 Å². The molecule has 4 rings (SSSR count). The van der Waals surface area contributed by atoms with E-state index in [0.29, 0.717) is 5.75 Å². The molecule has 0 aromatic heterocycles. The molecular weight excluding hydrogens is 363 g/mol. The van der Waals surface area contributed by atoms with Crippen molar-refractivity contribution in [2.24, 2.45) is 0 Å². The van der Waals surface area contributed by atoms with Gasteiger partial charge in [-0.25, -0.2) is 4.52 Å². The number of fused-ring (bicyclic) bond motifs is 2. The largest absolute Gasteiger partial charge is 0.750 e. The second-order valence-electron chi connectivity index (χ2n) is 5.64. The Balaban J connectivity index is 1.53. The lowest BCUT2D eigenvalue weighted by Crippen LogP contribution is -2.00. The maximum absolute atomic E-state index is 12.0. The zero-order valence-electron chi connectivity index (χ0n) is 13.9. The molecule has 1 heterocycles. The SMILES string of the molecule is O=[P+](OCC=C1c2ccccc2Sc2ccccc21)Oc1ccccc1. The third kappa shape index (κ3) is 3.73. The third-order valence-electron chi connectivity index (χ3n) is 3.96. The first-order valence-electron chi connectivity index (χ1n) is 8.21. The van der Waals surface area contributed by atoms with E-state index in [4.69, 9.17) is 9.05 Å². The minimum atomic E-state index is -2.22. The lowest BCUT2D eigenvalue weighted by molar-refractivity contribution is 0.317. The van der Waals surface area contributed by atoms with Crippen molar-refractivity contribution < 1.29 is 13.6 Å². The average Bonchev–Trinajstić information content (AvgIpc) is 2.68. The molecule has 3 aromatic carbocycles. The fraction of sp³-hybridized carbons (Fsp3) is 0.0476. The van der Waals surface area contributed by atoms with Crippen molar-refractivity contribution in [1.29, 1.82) is 0 Å². The van der Waals surface area contributed by atoms with Crippen molar-refractivity contribution in [3.8, 4) is 5.75 Å². The van der Waals surface area contributed by atoms with Crippen LogP contribution >= 0.6 is 20.0 Å². The van der Waals surface area contributed by atoms with Gasteiger partial charge in [0, 0.05) is 14.4 Å². The van der Waals surface area contributed by atoms with Gasteiger partial charge in [0.15, 0.2) is 5.75 Å². The molecule has 1 aliphatic heterocycles. The summed E-state index contributed by atoms with van der Waals surface area (Å²) in [7, 11) is -2.22. The van der Waals surface area contributed by atoms with E-state index in [1.165, 1.54) is 20.9 Å². The van der Waals surface area contributed by atoms with Gasteiger partial charge in [-0.05, 0) is 47.0 Å². The predicted octanol–water partition coefficient (Wildman–Crippen LogP) is 6.34. The second kappa shape index (κ2) is 7.88. The highest BCUT2D eigenvalue weighted by Crippen LogP contribution is 2.45. The van der Waals surface area contributed by atoms with Gasteiger partial charge in [-0.1, -0.05) is 66.4 Å². The molecule has 0 saturated carbocycles. The summed E-state index contributed by atoms with van der Waals surface area (Å²) in [5, 5.41) is 0. The predicted molar refractivity (Wildman–Crippen MR) is 105 cm³/mol. The molecule has 5 heteroatoms. The molecule has 128 valence electrons. The highest BCUT2D eigenvalue weighted by Gasteiger charge is 2.23. The van der Waals surface area contributed by atoms with E-state index < -0.39 is 8.25 Å². The molecule has 0 amide bonds. The van der Waals surface area contributed by atoms with E-state index in [1.807, 2.05) is 48.5 Å². The van der Waals surface area contributed by atoms with Gasteiger partial charge in [-0.2, -0.15) is 0 Å². The van der Waals surface area contributed by atoms with E-state index in [-0.39, 0.29) is 6.61 Å². The van der Waals surface area contributed by atoms with Crippen molar-refractivity contribution in [2.45, 2.75) is 9.79 Å². The standard InChI is InChI=1S/C21H16O3PS/c22-25(24-16-8-2-1-3-9-16)23-15-14-17-18-10-4-6-12-20(18)26-21-13-7-5-11-19(17)21/h1-14H,15H2/q+1. The van der Waals surface area contributed by atoms with Gasteiger partial charge in [-0.3, -0.25) is 0 Å². The summed E-state index contributed by atoms with van der Waals surface area (Å²) in [5.41, 5.74) is 3.43. The Hall–Kier alpha value is -2.39. The quantitative estimate of drug-likeness (QED) is 0.379. The number of hydrogen-bond acceptors (Lipinski definition) is 4. The number of benzene rings is 3. The minimum Gasteiger partial charge on any atom is -0.229 e. The van der Waals surface area contributed by atoms with Crippen LogP contribution in [0.1, 0.15) is 11.1 Å². The lowest BCUT2D eigenvalue weighted by atomic mass is 9.97. The molecule has 1 unspecified atom stereocenters. The summed E-state index contributed by atoms with van der Waals surface area (Å²) in [6.07, 6.45) is 1.97. The van der Waals surface area contributed by atoms with Crippen LogP contribution in [0.5, 0.6) is 5.75 Å². The van der Waals surface area contributed by atoms with Gasteiger partial charge < -0.3 is 0 Å². The first-order chi connectivity index (χ1) is 12.8. The van der Waals surface area contributed by atoms with E-state index in [0.717, 1.165) is 5.57 Å². The van der Waals surface area contributed by atoms with Crippen LogP contribution in [0.3, 0.4) is 0 Å². The molecule has 26 heavy (non-hydrogen) atoms. The summed E-state index contributed by atoms with van der Waals surface area (Å²) in [6, 6.07) is 25.6. The Labute approximate surface area is 157 Å². The van der Waals surface area contributed by atoms with Gasteiger partial charge >= 0.3 is 8.25 Å². The summed E-state index contributed by atoms with van der Waals surface area (Å²) in [4.78, 5) is 2.42. The average molecular weight is 379 g/mol. The van der Waals surface area contributed by atoms with Gasteiger partial charge in [-0.15, -0.1) is 4.52 Å². The Morgan fingerprint density at radius 3 is 2.04 bits per heavy atom. The van der Waals surface area contributed by atoms with Crippen molar-refractivity contribution >= 4 is 25.6 Å². The highest BCUT2D eigenvalue weighted by atomic mass is 32.2. The van der Waals surface area contributed by atoms with Gasteiger partial charge in [0.25, 0.3) is 0 Å². The normalized spacial score (nSPS) is 12.8. The van der Waals surface area contributed by atoms with Crippen molar-refractivity contribution in [3.05, 3.63) is 96.1 Å². The van der Waals surface area contributed by atoms with E-state index >= 15 is 0 Å². The molecule has 1 atom stereocenters. The summed E-state index contributed by atoms with van der Waals surface area (Å²) < 4.78 is 22.7. The molecule has 0 spiro atoms. The first-order valence-corrected chi connectivity index (χ1v) is 10.1. The van der Waals surface area contributed by atoms with Crippen LogP contribution < -0.4 is 4.52 Å². The van der Waals surface area contributed by atoms with Gasteiger partial charge in [0.1, 0.15) is 6.61 Å². The number of para-hydroxylation sites is 1. The van der Waals surface area contributed by atoms with Crippen LogP contribution in [0.25, 0.3) is 5.57 Å². The first kappa shape index (κ1) is 17.0.